The van der Waals surface area contributed by atoms with Gasteiger partial charge in [-0.3, -0.25) is 0 Å². The number of carbonyl (C=O) groups is 2. The molecule has 0 saturated carbocycles. The quantitative estimate of drug-likeness (QED) is 0.675. The molecule has 6 nitrogen and oxygen atoms in total. The summed E-state index contributed by atoms with van der Waals surface area (Å²) in [5.74, 6) is 0.305. The summed E-state index contributed by atoms with van der Waals surface area (Å²) in [5.41, 5.74) is 2.27. The van der Waals surface area contributed by atoms with E-state index in [2.05, 4.69) is 4.98 Å². The molecule has 1 aromatic heterocycles. The predicted octanol–water partition coefficient (Wildman–Crippen LogP) is 1.58. The Morgan fingerprint density at radius 2 is 1.78 bits per heavy atom. The topological polar surface area (TPSA) is 64.6 Å². The monoisotopic (exact) mass is 307 g/mol. The molecule has 0 spiro atoms. The van der Waals surface area contributed by atoms with Crippen molar-refractivity contribution in [3.05, 3.63) is 60.4 Å². The van der Waals surface area contributed by atoms with E-state index < -0.39 is 0 Å². The van der Waals surface area contributed by atoms with Gasteiger partial charge in [-0.2, -0.15) is 4.79 Å². The van der Waals surface area contributed by atoms with Crippen molar-refractivity contribution in [2.45, 2.75) is 0 Å². The highest BCUT2D eigenvalue weighted by atomic mass is 16.5. The molecule has 0 fully saturated rings. The SMILES string of the molecule is COc1ccc(N2C(=O)c3c[nH+]c4ccccc4[n+]3C2=O)cc1. The molecule has 0 unspecified atom stereocenters. The number of hydrogen-bond donors (Lipinski definition) is 0. The van der Waals surface area contributed by atoms with Crippen LogP contribution in [-0.4, -0.2) is 19.0 Å². The summed E-state index contributed by atoms with van der Waals surface area (Å²) in [6, 6.07) is 13.8. The average Bonchev–Trinajstić information content (AvgIpc) is 2.86. The minimum absolute atomic E-state index is 0.310. The van der Waals surface area contributed by atoms with Gasteiger partial charge >= 0.3 is 11.9 Å². The molecule has 0 bridgehead atoms. The number of imide groups is 1. The van der Waals surface area contributed by atoms with Gasteiger partial charge in [-0.1, -0.05) is 12.1 Å². The lowest BCUT2D eigenvalue weighted by Gasteiger charge is -2.05. The molecule has 2 amide bonds. The molecular formula is C17H13N3O3+2. The lowest BCUT2D eigenvalue weighted by Crippen LogP contribution is -2.47. The van der Waals surface area contributed by atoms with Crippen LogP contribution in [0.2, 0.25) is 0 Å². The van der Waals surface area contributed by atoms with Gasteiger partial charge in [0.2, 0.25) is 11.7 Å². The number of aromatic amines is 1. The van der Waals surface area contributed by atoms with Gasteiger partial charge in [0.25, 0.3) is 11.2 Å². The van der Waals surface area contributed by atoms with Gasteiger partial charge in [0, 0.05) is 6.07 Å². The number of nitrogens with one attached hydrogen (secondary N) is 1. The van der Waals surface area contributed by atoms with Crippen molar-refractivity contribution in [3.63, 3.8) is 0 Å². The van der Waals surface area contributed by atoms with Gasteiger partial charge in [0.1, 0.15) is 11.4 Å². The molecule has 6 heteroatoms. The summed E-state index contributed by atoms with van der Waals surface area (Å²) in [6.45, 7) is 0. The van der Waals surface area contributed by atoms with E-state index in [1.165, 1.54) is 4.57 Å². The molecule has 0 radical (unpaired) electrons. The summed E-state index contributed by atoms with van der Waals surface area (Å²) >= 11 is 0. The first-order chi connectivity index (χ1) is 11.2. The fraction of sp³-hybridized carbons (Fsp3) is 0.0588. The van der Waals surface area contributed by atoms with E-state index in [0.29, 0.717) is 22.6 Å². The zero-order valence-corrected chi connectivity index (χ0v) is 12.3. The molecule has 0 atom stereocenters. The number of benzene rings is 2. The van der Waals surface area contributed by atoms with Gasteiger partial charge in [-0.05, 0) is 30.3 Å². The maximum atomic E-state index is 12.8. The van der Waals surface area contributed by atoms with Crippen LogP contribution in [0.4, 0.5) is 10.5 Å². The van der Waals surface area contributed by atoms with Crippen LogP contribution >= 0.6 is 0 Å². The van der Waals surface area contributed by atoms with E-state index in [-0.39, 0.29) is 11.9 Å². The number of fused-ring (bicyclic) bond motifs is 3. The van der Waals surface area contributed by atoms with Crippen LogP contribution in [0.3, 0.4) is 0 Å². The smallest absolute Gasteiger partial charge is 0.497 e. The Hall–Kier alpha value is -3.28. The molecule has 1 aliphatic rings. The minimum Gasteiger partial charge on any atom is -0.497 e. The first-order valence-electron chi connectivity index (χ1n) is 7.09. The number of rotatable bonds is 2. The molecule has 1 aliphatic heterocycles. The maximum Gasteiger partial charge on any atom is 0.512 e. The van der Waals surface area contributed by atoms with E-state index in [1.807, 2.05) is 18.2 Å². The number of carbonyl (C=O) groups excluding carboxylic acids is 2. The number of methoxy groups -OCH3 is 1. The molecule has 112 valence electrons. The Morgan fingerprint density at radius 3 is 2.52 bits per heavy atom. The predicted molar refractivity (Wildman–Crippen MR) is 81.3 cm³/mol. The zero-order valence-electron chi connectivity index (χ0n) is 12.3. The Labute approximate surface area is 131 Å². The van der Waals surface area contributed by atoms with Crippen LogP contribution in [-0.2, 0) is 0 Å². The van der Waals surface area contributed by atoms with Crippen molar-refractivity contribution in [1.29, 1.82) is 0 Å². The van der Waals surface area contributed by atoms with E-state index in [1.54, 1.807) is 43.6 Å². The molecule has 4 rings (SSSR count). The highest BCUT2D eigenvalue weighted by Crippen LogP contribution is 2.23. The summed E-state index contributed by atoms with van der Waals surface area (Å²) in [4.78, 5) is 29.7. The second kappa shape index (κ2) is 4.88. The van der Waals surface area contributed by atoms with Crippen LogP contribution in [0.25, 0.3) is 11.0 Å². The largest absolute Gasteiger partial charge is 0.512 e. The number of hydrogen-bond acceptors (Lipinski definition) is 3. The molecule has 0 saturated heterocycles. The van der Waals surface area contributed by atoms with Crippen molar-refractivity contribution in [2.75, 3.05) is 12.0 Å². The summed E-state index contributed by atoms with van der Waals surface area (Å²) < 4.78 is 6.54. The van der Waals surface area contributed by atoms with E-state index in [4.69, 9.17) is 4.74 Å². The lowest BCUT2D eigenvalue weighted by molar-refractivity contribution is -0.551. The Balaban J connectivity index is 1.87. The average molecular weight is 307 g/mol. The van der Waals surface area contributed by atoms with Crippen LogP contribution in [0.15, 0.2) is 54.7 Å². The third-order valence-electron chi connectivity index (χ3n) is 3.89. The van der Waals surface area contributed by atoms with Gasteiger partial charge in [-0.25, -0.2) is 9.78 Å². The molecule has 1 N–H and O–H groups in total. The standard InChI is InChI=1S/C17H12N3O3/c1-23-12-8-6-11(7-9-12)19-16(21)15-10-18-13-4-2-3-5-14(13)20(15)17(19)22/h2-10H,1H3/q+1/p+1. The van der Waals surface area contributed by atoms with Crippen LogP contribution in [0.1, 0.15) is 10.5 Å². The summed E-state index contributed by atoms with van der Waals surface area (Å²) in [7, 11) is 1.56. The van der Waals surface area contributed by atoms with Gasteiger partial charge in [0.05, 0.1) is 7.11 Å². The molecule has 2 heterocycles. The molecule has 0 aliphatic carbocycles. The third-order valence-corrected chi connectivity index (χ3v) is 3.89. The maximum absolute atomic E-state index is 12.8. The van der Waals surface area contributed by atoms with E-state index >= 15 is 0 Å². The van der Waals surface area contributed by atoms with Gasteiger partial charge in [-0.15, -0.1) is 9.47 Å². The summed E-state index contributed by atoms with van der Waals surface area (Å²) in [6.07, 6.45) is 1.56. The number of para-hydroxylation sites is 2. The molecular weight excluding hydrogens is 294 g/mol. The lowest BCUT2D eigenvalue weighted by atomic mass is 10.2. The van der Waals surface area contributed by atoms with Crippen LogP contribution in [0, 0.1) is 0 Å². The second-order valence-electron chi connectivity index (χ2n) is 5.15. The van der Waals surface area contributed by atoms with Crippen molar-refractivity contribution >= 4 is 28.7 Å². The number of ether oxygens (including phenoxy) is 1. The third kappa shape index (κ3) is 1.88. The second-order valence-corrected chi connectivity index (χ2v) is 5.15. The fourth-order valence-corrected chi connectivity index (χ4v) is 2.75. The molecule has 2 aromatic carbocycles. The highest BCUT2D eigenvalue weighted by molar-refractivity contribution is 6.21. The Bertz CT molecular complexity index is 951. The van der Waals surface area contributed by atoms with Crippen molar-refractivity contribution in [1.82, 2.24) is 0 Å². The Kier molecular flexibility index (Phi) is 2.84. The van der Waals surface area contributed by atoms with E-state index in [9.17, 15) is 9.59 Å². The molecule has 3 aromatic rings. The van der Waals surface area contributed by atoms with Crippen molar-refractivity contribution < 1.29 is 23.9 Å². The first kappa shape index (κ1) is 13.4. The number of aromatic nitrogens is 2. The van der Waals surface area contributed by atoms with Gasteiger partial charge < -0.3 is 4.74 Å². The summed E-state index contributed by atoms with van der Waals surface area (Å²) in [5, 5.41) is 0. The number of H-pyrrole nitrogens is 1. The zero-order chi connectivity index (χ0) is 16.0. The number of nitrogens with zero attached hydrogens (tertiary/aromatic N) is 2. The Morgan fingerprint density at radius 1 is 1.04 bits per heavy atom. The number of anilines is 1. The van der Waals surface area contributed by atoms with Crippen LogP contribution < -0.4 is 19.2 Å². The first-order valence-corrected chi connectivity index (χ1v) is 7.09. The van der Waals surface area contributed by atoms with Crippen molar-refractivity contribution in [2.24, 2.45) is 0 Å². The fourth-order valence-electron chi connectivity index (χ4n) is 2.75. The molecule has 23 heavy (non-hydrogen) atoms. The highest BCUT2D eigenvalue weighted by Gasteiger charge is 2.49. The normalized spacial score (nSPS) is 13.5. The van der Waals surface area contributed by atoms with Crippen LogP contribution in [0.5, 0.6) is 5.75 Å². The minimum atomic E-state index is -0.389. The van der Waals surface area contributed by atoms with E-state index in [0.717, 1.165) is 10.4 Å². The van der Waals surface area contributed by atoms with Crippen molar-refractivity contribution in [3.8, 4) is 5.75 Å². The van der Waals surface area contributed by atoms with Gasteiger partial charge in [0.15, 0.2) is 0 Å². The number of amides is 2.